The molecule has 1 aromatic rings. The molecule has 0 unspecified atom stereocenters. The number of esters is 1. The number of carbonyl (C=O) groups excluding carboxylic acids is 1. The van der Waals surface area contributed by atoms with E-state index >= 15 is 0 Å². The van der Waals surface area contributed by atoms with Gasteiger partial charge in [-0.3, -0.25) is 15.1 Å². The Morgan fingerprint density at radius 3 is 3.07 bits per heavy atom. The molecule has 72 valence electrons. The van der Waals surface area contributed by atoms with Crippen LogP contribution in [0.3, 0.4) is 0 Å². The topological polar surface area (TPSA) is 108 Å². The summed E-state index contributed by atoms with van der Waals surface area (Å²) in [7, 11) is 1.17. The third-order valence-corrected chi connectivity index (χ3v) is 1.31. The summed E-state index contributed by atoms with van der Waals surface area (Å²) in [5, 5.41) is 10.4. The van der Waals surface area contributed by atoms with Crippen LogP contribution in [0.2, 0.25) is 0 Å². The lowest BCUT2D eigenvalue weighted by Crippen LogP contribution is -2.15. The van der Waals surface area contributed by atoms with Crippen LogP contribution in [0, 0.1) is 11.5 Å². The molecular formula is C7H6N4O3. The summed E-state index contributed by atoms with van der Waals surface area (Å²) in [6.45, 7) is 0. The number of carbonyl (C=O) groups is 1. The van der Waals surface area contributed by atoms with E-state index in [1.807, 2.05) is 0 Å². The van der Waals surface area contributed by atoms with E-state index in [2.05, 4.69) is 20.0 Å². The molecule has 0 radical (unpaired) electrons. The van der Waals surface area contributed by atoms with Crippen LogP contribution in [0.1, 0.15) is 10.5 Å². The van der Waals surface area contributed by atoms with Gasteiger partial charge in [-0.1, -0.05) is 0 Å². The molecule has 0 aliphatic rings. The Bertz CT molecular complexity index is 445. The molecular weight excluding hydrogens is 188 g/mol. The molecule has 1 rings (SSSR count). The number of anilines is 1. The Morgan fingerprint density at radius 1 is 1.79 bits per heavy atom. The Morgan fingerprint density at radius 2 is 2.50 bits per heavy atom. The van der Waals surface area contributed by atoms with Gasteiger partial charge in [-0.15, -0.1) is 0 Å². The number of nitriles is 1. The van der Waals surface area contributed by atoms with Gasteiger partial charge < -0.3 is 4.74 Å². The second kappa shape index (κ2) is 4.04. The van der Waals surface area contributed by atoms with Crippen molar-refractivity contribution in [1.82, 2.24) is 9.97 Å². The average molecular weight is 194 g/mol. The van der Waals surface area contributed by atoms with Gasteiger partial charge in [-0.2, -0.15) is 5.26 Å². The SMILES string of the molecule is COC(=O)c1cc(=O)[nH]c(NC#N)n1. The lowest BCUT2D eigenvalue weighted by atomic mass is 10.4. The smallest absolute Gasteiger partial charge is 0.357 e. The predicted molar refractivity (Wildman–Crippen MR) is 45.4 cm³/mol. The zero-order chi connectivity index (χ0) is 10.6. The molecule has 14 heavy (non-hydrogen) atoms. The van der Waals surface area contributed by atoms with E-state index in [0.29, 0.717) is 0 Å². The monoisotopic (exact) mass is 194 g/mol. The van der Waals surface area contributed by atoms with Gasteiger partial charge in [0, 0.05) is 6.07 Å². The quantitative estimate of drug-likeness (QED) is 0.371. The summed E-state index contributed by atoms with van der Waals surface area (Å²) >= 11 is 0. The molecule has 0 aliphatic carbocycles. The molecule has 0 atom stereocenters. The van der Waals surface area contributed by atoms with Gasteiger partial charge in [-0.25, -0.2) is 9.78 Å². The van der Waals surface area contributed by atoms with Crippen LogP contribution in [0.15, 0.2) is 10.9 Å². The van der Waals surface area contributed by atoms with Gasteiger partial charge >= 0.3 is 5.97 Å². The molecule has 0 spiro atoms. The largest absolute Gasteiger partial charge is 0.464 e. The van der Waals surface area contributed by atoms with Crippen molar-refractivity contribution < 1.29 is 9.53 Å². The van der Waals surface area contributed by atoms with Gasteiger partial charge in [0.05, 0.1) is 7.11 Å². The maximum atomic E-state index is 11.0. The molecule has 0 aliphatic heterocycles. The second-order valence-electron chi connectivity index (χ2n) is 2.21. The molecule has 2 N–H and O–H groups in total. The Balaban J connectivity index is 3.15. The fourth-order valence-electron chi connectivity index (χ4n) is 0.779. The van der Waals surface area contributed by atoms with Crippen molar-refractivity contribution in [2.24, 2.45) is 0 Å². The summed E-state index contributed by atoms with van der Waals surface area (Å²) in [4.78, 5) is 27.8. The number of nitrogens with one attached hydrogen (secondary N) is 2. The van der Waals surface area contributed by atoms with Crippen LogP contribution >= 0.6 is 0 Å². The summed E-state index contributed by atoms with van der Waals surface area (Å²) in [5.74, 6) is -0.836. The van der Waals surface area contributed by atoms with Crippen LogP contribution in [0.4, 0.5) is 5.95 Å². The van der Waals surface area contributed by atoms with Crippen molar-refractivity contribution in [3.8, 4) is 6.19 Å². The Hall–Kier alpha value is -2.36. The van der Waals surface area contributed by atoms with Gasteiger partial charge in [0.25, 0.3) is 5.56 Å². The summed E-state index contributed by atoms with van der Waals surface area (Å²) < 4.78 is 4.36. The van der Waals surface area contributed by atoms with Crippen LogP contribution in [-0.4, -0.2) is 23.0 Å². The van der Waals surface area contributed by atoms with E-state index in [1.165, 1.54) is 7.11 Å². The fourth-order valence-corrected chi connectivity index (χ4v) is 0.779. The van der Waals surface area contributed by atoms with E-state index in [1.54, 1.807) is 6.19 Å². The molecule has 7 heteroatoms. The van der Waals surface area contributed by atoms with Crippen molar-refractivity contribution in [3.63, 3.8) is 0 Å². The van der Waals surface area contributed by atoms with Gasteiger partial charge in [0.1, 0.15) is 0 Å². The molecule has 1 aromatic heterocycles. The fraction of sp³-hybridized carbons (Fsp3) is 0.143. The number of aromatic nitrogens is 2. The maximum Gasteiger partial charge on any atom is 0.357 e. The second-order valence-corrected chi connectivity index (χ2v) is 2.21. The molecule has 1 heterocycles. The molecule has 7 nitrogen and oxygen atoms in total. The van der Waals surface area contributed by atoms with Crippen LogP contribution < -0.4 is 10.9 Å². The van der Waals surface area contributed by atoms with Crippen molar-refractivity contribution in [2.45, 2.75) is 0 Å². The minimum absolute atomic E-state index is 0.0969. The average Bonchev–Trinajstić information content (AvgIpc) is 2.16. The van der Waals surface area contributed by atoms with E-state index in [0.717, 1.165) is 6.07 Å². The first-order valence-electron chi connectivity index (χ1n) is 3.52. The van der Waals surface area contributed by atoms with E-state index in [9.17, 15) is 9.59 Å². The minimum atomic E-state index is -0.739. The lowest BCUT2D eigenvalue weighted by molar-refractivity contribution is 0.0594. The highest BCUT2D eigenvalue weighted by atomic mass is 16.5. The molecule has 0 aromatic carbocycles. The Kier molecular flexibility index (Phi) is 2.81. The van der Waals surface area contributed by atoms with E-state index in [-0.39, 0.29) is 11.6 Å². The standard InChI is InChI=1S/C7H6N4O3/c1-14-6(13)4-2-5(12)11-7(10-4)9-3-8/h2H,1H3,(H2,9,10,11,12). The highest BCUT2D eigenvalue weighted by Gasteiger charge is 2.09. The normalized spacial score (nSPS) is 8.86. The van der Waals surface area contributed by atoms with Crippen LogP contribution in [0.25, 0.3) is 0 Å². The van der Waals surface area contributed by atoms with Crippen molar-refractivity contribution in [1.29, 1.82) is 5.26 Å². The summed E-state index contributed by atoms with van der Waals surface area (Å²) in [6, 6.07) is 0.981. The van der Waals surface area contributed by atoms with Gasteiger partial charge in [0.15, 0.2) is 11.9 Å². The first kappa shape index (κ1) is 9.73. The van der Waals surface area contributed by atoms with Crippen molar-refractivity contribution in [3.05, 3.63) is 22.1 Å². The number of rotatable bonds is 2. The third kappa shape index (κ3) is 2.07. The highest BCUT2D eigenvalue weighted by molar-refractivity contribution is 5.87. The number of ether oxygens (including phenoxy) is 1. The zero-order valence-electron chi connectivity index (χ0n) is 7.20. The molecule has 0 amide bonds. The predicted octanol–water partition coefficient (Wildman–Crippen LogP) is -0.551. The molecule has 0 saturated heterocycles. The molecule has 0 saturated carbocycles. The maximum absolute atomic E-state index is 11.0. The zero-order valence-corrected chi connectivity index (χ0v) is 7.20. The van der Waals surface area contributed by atoms with Crippen LogP contribution in [-0.2, 0) is 4.74 Å². The van der Waals surface area contributed by atoms with Gasteiger partial charge in [0.2, 0.25) is 5.95 Å². The van der Waals surface area contributed by atoms with Crippen molar-refractivity contribution >= 4 is 11.9 Å². The number of hydrogen-bond donors (Lipinski definition) is 2. The Labute approximate surface area is 78.3 Å². The van der Waals surface area contributed by atoms with E-state index < -0.39 is 11.5 Å². The van der Waals surface area contributed by atoms with Crippen molar-refractivity contribution in [2.75, 3.05) is 12.4 Å². The molecule has 0 fully saturated rings. The summed E-state index contributed by atoms with van der Waals surface area (Å²) in [5.41, 5.74) is -0.702. The van der Waals surface area contributed by atoms with Crippen LogP contribution in [0.5, 0.6) is 0 Å². The lowest BCUT2D eigenvalue weighted by Gasteiger charge is -1.99. The third-order valence-electron chi connectivity index (χ3n) is 1.31. The number of aromatic amines is 1. The number of nitrogens with zero attached hydrogens (tertiary/aromatic N) is 2. The number of methoxy groups -OCH3 is 1. The minimum Gasteiger partial charge on any atom is -0.464 e. The first-order valence-corrected chi connectivity index (χ1v) is 3.52. The number of hydrogen-bond acceptors (Lipinski definition) is 6. The number of H-pyrrole nitrogens is 1. The van der Waals surface area contributed by atoms with E-state index in [4.69, 9.17) is 5.26 Å². The first-order chi connectivity index (χ1) is 6.67. The van der Waals surface area contributed by atoms with Gasteiger partial charge in [-0.05, 0) is 0 Å². The highest BCUT2D eigenvalue weighted by Crippen LogP contribution is 1.97. The summed E-state index contributed by atoms with van der Waals surface area (Å²) in [6.07, 6.45) is 1.56. The molecule has 0 bridgehead atoms.